The van der Waals surface area contributed by atoms with Gasteiger partial charge in [0.05, 0.1) is 18.5 Å². The standard InChI is InChI=1S/C27H27BrN4O3/c1-16(2)25-29-12-11-22(31-25)20-10-9-17(3)23(14-20)32-18(4)30-26(24(28)27(32)33)35-15-19-7-6-8-21(13-19)34-5/h6-14,16H,15H2,1-5H3. The van der Waals surface area contributed by atoms with Crippen LogP contribution in [0.15, 0.2) is 64.0 Å². The van der Waals surface area contributed by atoms with E-state index in [1.54, 1.807) is 24.8 Å². The Hall–Kier alpha value is -3.52. The van der Waals surface area contributed by atoms with Crippen LogP contribution in [0.1, 0.15) is 42.5 Å². The minimum Gasteiger partial charge on any atom is -0.497 e. The van der Waals surface area contributed by atoms with Crippen LogP contribution in [0.2, 0.25) is 0 Å². The summed E-state index contributed by atoms with van der Waals surface area (Å²) < 4.78 is 13.0. The summed E-state index contributed by atoms with van der Waals surface area (Å²) in [6, 6.07) is 15.4. The van der Waals surface area contributed by atoms with E-state index in [1.165, 1.54) is 0 Å². The molecule has 0 atom stereocenters. The van der Waals surface area contributed by atoms with E-state index in [4.69, 9.17) is 14.5 Å². The van der Waals surface area contributed by atoms with E-state index in [-0.39, 0.29) is 28.4 Å². The van der Waals surface area contributed by atoms with Gasteiger partial charge in [0.2, 0.25) is 5.88 Å². The summed E-state index contributed by atoms with van der Waals surface area (Å²) in [4.78, 5) is 27.1. The molecular weight excluding hydrogens is 508 g/mol. The molecule has 35 heavy (non-hydrogen) atoms. The van der Waals surface area contributed by atoms with Gasteiger partial charge >= 0.3 is 0 Å². The molecule has 0 unspecified atom stereocenters. The maximum Gasteiger partial charge on any atom is 0.276 e. The summed E-state index contributed by atoms with van der Waals surface area (Å²) >= 11 is 3.41. The average Bonchev–Trinajstić information content (AvgIpc) is 2.86. The Balaban J connectivity index is 1.70. The first-order chi connectivity index (χ1) is 16.8. The van der Waals surface area contributed by atoms with Crippen LogP contribution in [0.3, 0.4) is 0 Å². The Kier molecular flexibility index (Phi) is 7.31. The first-order valence-corrected chi connectivity index (χ1v) is 12.1. The number of benzene rings is 2. The molecule has 0 bridgehead atoms. The third kappa shape index (κ3) is 5.27. The second kappa shape index (κ2) is 10.4. The molecule has 0 aliphatic heterocycles. The van der Waals surface area contributed by atoms with Gasteiger partial charge in [0.15, 0.2) is 0 Å². The van der Waals surface area contributed by atoms with E-state index in [0.717, 1.165) is 39.6 Å². The Bertz CT molecular complexity index is 1430. The normalized spacial score (nSPS) is 11.1. The summed E-state index contributed by atoms with van der Waals surface area (Å²) in [6.45, 7) is 8.13. The van der Waals surface area contributed by atoms with E-state index >= 15 is 0 Å². The highest BCUT2D eigenvalue weighted by Gasteiger charge is 2.17. The molecular formula is C27H27BrN4O3. The molecule has 0 aliphatic rings. The number of rotatable bonds is 7. The van der Waals surface area contributed by atoms with Crippen molar-refractivity contribution >= 4 is 15.9 Å². The Morgan fingerprint density at radius 3 is 2.60 bits per heavy atom. The number of ether oxygens (including phenoxy) is 2. The fraction of sp³-hybridized carbons (Fsp3) is 0.259. The zero-order valence-corrected chi connectivity index (χ0v) is 22.0. The number of aryl methyl sites for hydroxylation is 2. The van der Waals surface area contributed by atoms with Crippen molar-refractivity contribution in [2.75, 3.05) is 7.11 Å². The number of aromatic nitrogens is 4. The lowest BCUT2D eigenvalue weighted by Gasteiger charge is -2.16. The van der Waals surface area contributed by atoms with Crippen LogP contribution in [-0.2, 0) is 6.61 Å². The first kappa shape index (κ1) is 24.6. The summed E-state index contributed by atoms with van der Waals surface area (Å²) in [5, 5.41) is 0. The van der Waals surface area contributed by atoms with Gasteiger partial charge in [-0.3, -0.25) is 9.36 Å². The van der Waals surface area contributed by atoms with Gasteiger partial charge in [-0.2, -0.15) is 4.98 Å². The molecule has 0 radical (unpaired) electrons. The maximum atomic E-state index is 13.4. The van der Waals surface area contributed by atoms with E-state index in [1.807, 2.05) is 55.5 Å². The summed E-state index contributed by atoms with van der Waals surface area (Å²) in [5.74, 6) is 2.50. The summed E-state index contributed by atoms with van der Waals surface area (Å²) in [5.41, 5.74) is 4.05. The topological polar surface area (TPSA) is 79.1 Å². The van der Waals surface area contributed by atoms with Gasteiger partial charge in [0, 0.05) is 17.7 Å². The van der Waals surface area contributed by atoms with E-state index in [9.17, 15) is 4.79 Å². The van der Waals surface area contributed by atoms with Crippen LogP contribution in [-0.4, -0.2) is 26.6 Å². The largest absolute Gasteiger partial charge is 0.497 e. The Labute approximate surface area is 213 Å². The molecule has 2 aromatic carbocycles. The van der Waals surface area contributed by atoms with Crippen molar-refractivity contribution in [3.8, 4) is 28.6 Å². The molecule has 4 aromatic rings. The quantitative estimate of drug-likeness (QED) is 0.299. The Morgan fingerprint density at radius 1 is 1.06 bits per heavy atom. The predicted octanol–water partition coefficient (Wildman–Crippen LogP) is 5.78. The second-order valence-electron chi connectivity index (χ2n) is 8.51. The summed E-state index contributed by atoms with van der Waals surface area (Å²) in [7, 11) is 1.62. The smallest absolute Gasteiger partial charge is 0.276 e. The van der Waals surface area contributed by atoms with Gasteiger partial charge in [-0.15, -0.1) is 0 Å². The van der Waals surface area contributed by atoms with Crippen molar-refractivity contribution in [1.82, 2.24) is 19.5 Å². The molecule has 0 saturated carbocycles. The highest BCUT2D eigenvalue weighted by Crippen LogP contribution is 2.27. The number of nitrogens with zero attached hydrogens (tertiary/aromatic N) is 4. The lowest BCUT2D eigenvalue weighted by Crippen LogP contribution is -2.24. The fourth-order valence-corrected chi connectivity index (χ4v) is 4.08. The van der Waals surface area contributed by atoms with Crippen LogP contribution >= 0.6 is 15.9 Å². The second-order valence-corrected chi connectivity index (χ2v) is 9.31. The lowest BCUT2D eigenvalue weighted by molar-refractivity contribution is 0.288. The van der Waals surface area contributed by atoms with Crippen molar-refractivity contribution in [2.45, 2.75) is 40.2 Å². The third-order valence-electron chi connectivity index (χ3n) is 5.61. The van der Waals surface area contributed by atoms with Gasteiger partial charge in [-0.25, -0.2) is 9.97 Å². The van der Waals surface area contributed by atoms with Crippen LogP contribution in [0.25, 0.3) is 16.9 Å². The molecule has 0 N–H and O–H groups in total. The van der Waals surface area contributed by atoms with Crippen molar-refractivity contribution in [3.05, 3.63) is 92.3 Å². The monoisotopic (exact) mass is 534 g/mol. The number of hydrogen-bond donors (Lipinski definition) is 0. The highest BCUT2D eigenvalue weighted by atomic mass is 79.9. The third-order valence-corrected chi connectivity index (χ3v) is 6.29. The van der Waals surface area contributed by atoms with E-state index in [2.05, 4.69) is 39.7 Å². The van der Waals surface area contributed by atoms with Gasteiger partial charge in [-0.05, 0) is 65.2 Å². The molecule has 7 nitrogen and oxygen atoms in total. The van der Waals surface area contributed by atoms with E-state index < -0.39 is 0 Å². The maximum absolute atomic E-state index is 13.4. The average molecular weight is 535 g/mol. The van der Waals surface area contributed by atoms with Crippen LogP contribution < -0.4 is 15.0 Å². The van der Waals surface area contributed by atoms with Crippen molar-refractivity contribution in [1.29, 1.82) is 0 Å². The predicted molar refractivity (Wildman–Crippen MR) is 139 cm³/mol. The molecule has 2 aromatic heterocycles. The minimum absolute atomic E-state index is 0.217. The van der Waals surface area contributed by atoms with Crippen LogP contribution in [0.4, 0.5) is 0 Å². The molecule has 0 saturated heterocycles. The molecule has 0 amide bonds. The zero-order chi connectivity index (χ0) is 25.1. The van der Waals surface area contributed by atoms with Gasteiger partial charge in [-0.1, -0.05) is 38.1 Å². The Morgan fingerprint density at radius 2 is 1.86 bits per heavy atom. The van der Waals surface area contributed by atoms with Crippen LogP contribution in [0, 0.1) is 13.8 Å². The van der Waals surface area contributed by atoms with Crippen LogP contribution in [0.5, 0.6) is 11.6 Å². The van der Waals surface area contributed by atoms with E-state index in [0.29, 0.717) is 5.82 Å². The number of methoxy groups -OCH3 is 1. The fourth-order valence-electron chi connectivity index (χ4n) is 3.70. The molecule has 8 heteroatoms. The van der Waals surface area contributed by atoms with Gasteiger partial charge < -0.3 is 9.47 Å². The molecule has 4 rings (SSSR count). The molecule has 2 heterocycles. The summed E-state index contributed by atoms with van der Waals surface area (Å²) in [6.07, 6.45) is 1.77. The molecule has 0 spiro atoms. The molecule has 180 valence electrons. The first-order valence-electron chi connectivity index (χ1n) is 11.3. The number of halogens is 1. The zero-order valence-electron chi connectivity index (χ0n) is 20.4. The van der Waals surface area contributed by atoms with Gasteiger partial charge in [0.25, 0.3) is 5.56 Å². The van der Waals surface area contributed by atoms with Gasteiger partial charge in [0.1, 0.15) is 28.5 Å². The number of hydrogen-bond acceptors (Lipinski definition) is 6. The highest BCUT2D eigenvalue weighted by molar-refractivity contribution is 9.10. The van der Waals surface area contributed by atoms with Crippen molar-refractivity contribution in [3.63, 3.8) is 0 Å². The minimum atomic E-state index is -0.246. The SMILES string of the molecule is COc1cccc(COc2nc(C)n(-c3cc(-c4ccnc(C(C)C)n4)ccc3C)c(=O)c2Br)c1. The van der Waals surface area contributed by atoms with Crippen molar-refractivity contribution in [2.24, 2.45) is 0 Å². The van der Waals surface area contributed by atoms with Crippen molar-refractivity contribution < 1.29 is 9.47 Å². The lowest BCUT2D eigenvalue weighted by atomic mass is 10.1. The molecule has 0 aliphatic carbocycles. The molecule has 0 fully saturated rings.